The summed E-state index contributed by atoms with van der Waals surface area (Å²) in [4.78, 5) is 0. The molecule has 1 aromatic carbocycles. The van der Waals surface area contributed by atoms with E-state index < -0.39 is 6.10 Å². The number of benzene rings is 1. The van der Waals surface area contributed by atoms with Crippen LogP contribution in [0, 0.1) is 0 Å². The van der Waals surface area contributed by atoms with Gasteiger partial charge < -0.3 is 5.11 Å². The van der Waals surface area contributed by atoms with Crippen LogP contribution in [-0.2, 0) is 6.42 Å². The van der Waals surface area contributed by atoms with E-state index in [1.54, 1.807) is 12.1 Å². The Morgan fingerprint density at radius 2 is 2.12 bits per heavy atom. The first-order chi connectivity index (χ1) is 7.66. The maximum atomic E-state index is 9.82. The lowest BCUT2D eigenvalue weighted by Gasteiger charge is -2.07. The van der Waals surface area contributed by atoms with E-state index in [2.05, 4.69) is 15.4 Å². The number of aliphatic hydroxyl groups excluding tert-OH is 1. The third kappa shape index (κ3) is 2.52. The average Bonchev–Trinajstić information content (AvgIpc) is 2.77. The van der Waals surface area contributed by atoms with E-state index >= 15 is 0 Å². The molecule has 1 unspecified atom stereocenters. The molecule has 2 rings (SSSR count). The van der Waals surface area contributed by atoms with E-state index in [0.29, 0.717) is 22.2 Å². The zero-order chi connectivity index (χ0) is 11.5. The summed E-state index contributed by atoms with van der Waals surface area (Å²) in [7, 11) is 0. The minimum Gasteiger partial charge on any atom is -0.386 e. The van der Waals surface area contributed by atoms with Gasteiger partial charge in [0.1, 0.15) is 11.8 Å². The molecule has 0 saturated carbocycles. The van der Waals surface area contributed by atoms with Crippen molar-refractivity contribution in [2.24, 2.45) is 0 Å². The summed E-state index contributed by atoms with van der Waals surface area (Å²) >= 11 is 11.7. The fourth-order valence-electron chi connectivity index (χ4n) is 1.37. The summed E-state index contributed by atoms with van der Waals surface area (Å²) in [6.45, 7) is 0. The Kier molecular flexibility index (Phi) is 3.43. The Morgan fingerprint density at radius 3 is 2.75 bits per heavy atom. The van der Waals surface area contributed by atoms with Gasteiger partial charge >= 0.3 is 0 Å². The predicted molar refractivity (Wildman–Crippen MR) is 61.5 cm³/mol. The van der Waals surface area contributed by atoms with Gasteiger partial charge in [0.05, 0.1) is 16.2 Å². The van der Waals surface area contributed by atoms with Gasteiger partial charge in [0.2, 0.25) is 0 Å². The van der Waals surface area contributed by atoms with E-state index in [1.807, 2.05) is 6.07 Å². The molecule has 1 heterocycles. The average molecular weight is 258 g/mol. The molecule has 2 aromatic rings. The van der Waals surface area contributed by atoms with Crippen molar-refractivity contribution in [3.8, 4) is 0 Å². The molecule has 16 heavy (non-hydrogen) atoms. The van der Waals surface area contributed by atoms with E-state index in [1.165, 1.54) is 6.20 Å². The van der Waals surface area contributed by atoms with Crippen molar-refractivity contribution in [1.82, 2.24) is 15.4 Å². The standard InChI is InChI=1S/C10H9Cl2N3O/c11-7-2-1-6(3-8(7)12)4-10(16)9-5-13-15-14-9/h1-3,5,10,16H,4H2,(H,13,14,15). The summed E-state index contributed by atoms with van der Waals surface area (Å²) in [5.74, 6) is 0. The first kappa shape index (κ1) is 11.4. The first-order valence-corrected chi connectivity index (χ1v) is 5.40. The maximum Gasteiger partial charge on any atom is 0.111 e. The second-order valence-electron chi connectivity index (χ2n) is 3.36. The highest BCUT2D eigenvalue weighted by molar-refractivity contribution is 6.42. The van der Waals surface area contributed by atoms with Crippen molar-refractivity contribution in [1.29, 1.82) is 0 Å². The molecule has 0 amide bonds. The van der Waals surface area contributed by atoms with Gasteiger partial charge in [-0.05, 0) is 17.7 Å². The number of aromatic amines is 1. The fourth-order valence-corrected chi connectivity index (χ4v) is 1.69. The van der Waals surface area contributed by atoms with Gasteiger partial charge in [-0.2, -0.15) is 15.4 Å². The molecular formula is C10H9Cl2N3O. The van der Waals surface area contributed by atoms with Gasteiger partial charge in [-0.1, -0.05) is 29.3 Å². The number of H-pyrrole nitrogens is 1. The molecule has 4 nitrogen and oxygen atoms in total. The van der Waals surface area contributed by atoms with E-state index in [0.717, 1.165) is 5.56 Å². The van der Waals surface area contributed by atoms with Crippen LogP contribution in [0.4, 0.5) is 0 Å². The van der Waals surface area contributed by atoms with Crippen molar-refractivity contribution >= 4 is 23.2 Å². The zero-order valence-electron chi connectivity index (χ0n) is 8.19. The van der Waals surface area contributed by atoms with Crippen LogP contribution in [-0.4, -0.2) is 20.5 Å². The molecule has 0 bridgehead atoms. The van der Waals surface area contributed by atoms with E-state index in [4.69, 9.17) is 23.2 Å². The Balaban J connectivity index is 2.12. The molecule has 0 aliphatic carbocycles. The first-order valence-electron chi connectivity index (χ1n) is 4.64. The van der Waals surface area contributed by atoms with Crippen molar-refractivity contribution in [3.63, 3.8) is 0 Å². The number of nitrogens with zero attached hydrogens (tertiary/aromatic N) is 2. The lowest BCUT2D eigenvalue weighted by Crippen LogP contribution is -2.02. The lowest BCUT2D eigenvalue weighted by molar-refractivity contribution is 0.173. The molecule has 0 radical (unpaired) electrons. The van der Waals surface area contributed by atoms with Crippen LogP contribution >= 0.6 is 23.2 Å². The molecular weight excluding hydrogens is 249 g/mol. The van der Waals surface area contributed by atoms with Crippen LogP contribution in [0.5, 0.6) is 0 Å². The van der Waals surface area contributed by atoms with Crippen LogP contribution in [0.2, 0.25) is 10.0 Å². The zero-order valence-corrected chi connectivity index (χ0v) is 9.70. The largest absolute Gasteiger partial charge is 0.386 e. The van der Waals surface area contributed by atoms with Gasteiger partial charge in [-0.15, -0.1) is 0 Å². The maximum absolute atomic E-state index is 9.82. The Morgan fingerprint density at radius 1 is 1.31 bits per heavy atom. The van der Waals surface area contributed by atoms with Crippen LogP contribution in [0.25, 0.3) is 0 Å². The molecule has 0 aliphatic heterocycles. The van der Waals surface area contributed by atoms with Crippen LogP contribution in [0.15, 0.2) is 24.4 Å². The molecule has 6 heteroatoms. The van der Waals surface area contributed by atoms with Gasteiger partial charge in [0.25, 0.3) is 0 Å². The molecule has 2 N–H and O–H groups in total. The smallest absolute Gasteiger partial charge is 0.111 e. The highest BCUT2D eigenvalue weighted by Crippen LogP contribution is 2.24. The molecule has 0 aliphatic rings. The third-order valence-electron chi connectivity index (χ3n) is 2.19. The fraction of sp³-hybridized carbons (Fsp3) is 0.200. The quantitative estimate of drug-likeness (QED) is 0.888. The number of rotatable bonds is 3. The lowest BCUT2D eigenvalue weighted by atomic mass is 10.1. The monoisotopic (exact) mass is 257 g/mol. The Hall–Kier alpha value is -1.10. The van der Waals surface area contributed by atoms with Crippen LogP contribution in [0.3, 0.4) is 0 Å². The number of nitrogens with one attached hydrogen (secondary N) is 1. The third-order valence-corrected chi connectivity index (χ3v) is 2.93. The summed E-state index contributed by atoms with van der Waals surface area (Å²) in [6, 6.07) is 5.25. The number of halogens is 2. The minimum atomic E-state index is -0.698. The van der Waals surface area contributed by atoms with Gasteiger partial charge in [0.15, 0.2) is 0 Å². The Labute approximate surface area is 102 Å². The normalized spacial score (nSPS) is 12.7. The molecule has 0 spiro atoms. The highest BCUT2D eigenvalue weighted by atomic mass is 35.5. The second-order valence-corrected chi connectivity index (χ2v) is 4.18. The number of hydrogen-bond donors (Lipinski definition) is 2. The summed E-state index contributed by atoms with van der Waals surface area (Å²) in [6.07, 6.45) is 1.21. The van der Waals surface area contributed by atoms with Crippen molar-refractivity contribution in [2.75, 3.05) is 0 Å². The molecule has 0 fully saturated rings. The van der Waals surface area contributed by atoms with Gasteiger partial charge in [-0.3, -0.25) is 0 Å². The Bertz CT molecular complexity index is 473. The minimum absolute atomic E-state index is 0.420. The molecule has 1 aromatic heterocycles. The number of hydrogen-bond acceptors (Lipinski definition) is 3. The second kappa shape index (κ2) is 4.82. The summed E-state index contributed by atoms with van der Waals surface area (Å²) < 4.78 is 0. The van der Waals surface area contributed by atoms with Crippen molar-refractivity contribution in [2.45, 2.75) is 12.5 Å². The van der Waals surface area contributed by atoms with Crippen LogP contribution in [0.1, 0.15) is 17.4 Å². The SMILES string of the molecule is OC(Cc1ccc(Cl)c(Cl)c1)c1cn[nH]n1. The number of aliphatic hydroxyl groups is 1. The van der Waals surface area contributed by atoms with E-state index in [9.17, 15) is 5.11 Å². The molecule has 0 saturated heterocycles. The van der Waals surface area contributed by atoms with Crippen molar-refractivity contribution in [3.05, 3.63) is 45.7 Å². The molecule has 84 valence electrons. The van der Waals surface area contributed by atoms with Crippen LogP contribution < -0.4 is 0 Å². The van der Waals surface area contributed by atoms with Crippen molar-refractivity contribution < 1.29 is 5.11 Å². The highest BCUT2D eigenvalue weighted by Gasteiger charge is 2.11. The summed E-state index contributed by atoms with van der Waals surface area (Å²) in [5, 5.41) is 20.7. The molecule has 1 atom stereocenters. The van der Waals surface area contributed by atoms with E-state index in [-0.39, 0.29) is 0 Å². The summed E-state index contributed by atoms with van der Waals surface area (Å²) in [5.41, 5.74) is 1.40. The topological polar surface area (TPSA) is 61.8 Å². The number of aromatic nitrogens is 3. The van der Waals surface area contributed by atoms with Gasteiger partial charge in [-0.25, -0.2) is 0 Å². The van der Waals surface area contributed by atoms with Gasteiger partial charge in [0, 0.05) is 6.42 Å². The predicted octanol–water partition coefficient (Wildman–Crippen LogP) is 2.39.